The number of anilines is 1. The molecule has 2 aromatic rings. The molecule has 0 fully saturated rings. The molecular weight excluding hydrogens is 421 g/mol. The first-order valence-corrected chi connectivity index (χ1v) is 9.46. The van der Waals surface area contributed by atoms with Crippen molar-refractivity contribution >= 4 is 46.7 Å². The number of aryl methyl sites for hydroxylation is 1. The highest BCUT2D eigenvalue weighted by atomic mass is 35.5. The van der Waals surface area contributed by atoms with Crippen molar-refractivity contribution in [1.82, 2.24) is 10.3 Å². The zero-order chi connectivity index (χ0) is 21.9. The fourth-order valence-corrected chi connectivity index (χ4v) is 2.79. The number of amides is 2. The van der Waals surface area contributed by atoms with Crippen LogP contribution in [-0.4, -0.2) is 40.0 Å². The lowest BCUT2D eigenvalue weighted by Crippen LogP contribution is -2.38. The lowest BCUT2D eigenvalue weighted by Gasteiger charge is -2.17. The number of hydrogen-bond donors (Lipinski definition) is 4. The summed E-state index contributed by atoms with van der Waals surface area (Å²) in [6, 6.07) is 3.30. The van der Waals surface area contributed by atoms with Crippen LogP contribution in [0.25, 0.3) is 0 Å². The number of benzene rings is 1. The van der Waals surface area contributed by atoms with Gasteiger partial charge in [-0.1, -0.05) is 23.2 Å². The number of aliphatic carboxylic acids is 1. The van der Waals surface area contributed by atoms with E-state index in [0.29, 0.717) is 11.4 Å². The number of carboxylic acids is 1. The molecule has 1 aromatic heterocycles. The Morgan fingerprint density at radius 3 is 2.28 bits per heavy atom. The third kappa shape index (κ3) is 5.42. The Balaban J connectivity index is 2.31. The van der Waals surface area contributed by atoms with Crippen LogP contribution < -0.4 is 15.4 Å². The summed E-state index contributed by atoms with van der Waals surface area (Å²) in [5.41, 5.74) is 1.15. The first-order valence-electron chi connectivity index (χ1n) is 8.70. The number of carbonyl (C=O) groups is 3. The Kier molecular flexibility index (Phi) is 7.16. The molecule has 10 heteroatoms. The molecule has 0 aliphatic carbocycles. The molecule has 29 heavy (non-hydrogen) atoms. The van der Waals surface area contributed by atoms with Crippen molar-refractivity contribution < 1.29 is 24.2 Å². The number of aromatic amines is 1. The Hall–Kier alpha value is -2.71. The van der Waals surface area contributed by atoms with Crippen molar-refractivity contribution in [3.63, 3.8) is 0 Å². The minimum Gasteiger partial charge on any atom is -0.489 e. The third-order valence-electron chi connectivity index (χ3n) is 3.85. The number of carbonyl (C=O) groups excluding carboxylic acids is 2. The van der Waals surface area contributed by atoms with Gasteiger partial charge in [-0.2, -0.15) is 0 Å². The molecule has 0 saturated carbocycles. The van der Waals surface area contributed by atoms with Crippen LogP contribution in [0.5, 0.6) is 5.75 Å². The minimum absolute atomic E-state index is 0.0989. The molecule has 2 amide bonds. The smallest absolute Gasteiger partial charge is 0.325 e. The predicted molar refractivity (Wildman–Crippen MR) is 110 cm³/mol. The Morgan fingerprint density at radius 2 is 1.76 bits per heavy atom. The molecule has 8 nitrogen and oxygen atoms in total. The number of nitrogens with one attached hydrogen (secondary N) is 3. The van der Waals surface area contributed by atoms with Gasteiger partial charge in [0, 0.05) is 11.3 Å². The van der Waals surface area contributed by atoms with Gasteiger partial charge in [0.25, 0.3) is 11.8 Å². The van der Waals surface area contributed by atoms with Crippen molar-refractivity contribution in [2.75, 3.05) is 5.32 Å². The van der Waals surface area contributed by atoms with Crippen LogP contribution in [0, 0.1) is 6.92 Å². The van der Waals surface area contributed by atoms with E-state index in [4.69, 9.17) is 33.0 Å². The molecule has 2 rings (SSSR count). The fourth-order valence-electron chi connectivity index (χ4n) is 2.37. The van der Waals surface area contributed by atoms with E-state index >= 15 is 0 Å². The highest BCUT2D eigenvalue weighted by Gasteiger charge is 2.21. The Morgan fingerprint density at radius 1 is 1.10 bits per heavy atom. The van der Waals surface area contributed by atoms with E-state index in [-0.39, 0.29) is 33.2 Å². The van der Waals surface area contributed by atoms with Crippen LogP contribution in [-0.2, 0) is 4.79 Å². The lowest BCUT2D eigenvalue weighted by molar-refractivity contribution is -0.138. The van der Waals surface area contributed by atoms with Crippen LogP contribution in [0.4, 0.5) is 5.69 Å². The number of rotatable bonds is 7. The highest BCUT2D eigenvalue weighted by Crippen LogP contribution is 2.31. The maximum Gasteiger partial charge on any atom is 0.325 e. The van der Waals surface area contributed by atoms with Crippen LogP contribution >= 0.6 is 23.2 Å². The molecular formula is C19H21Cl2N3O5. The normalized spacial score (nSPS) is 11.8. The molecule has 0 spiro atoms. The first-order chi connectivity index (χ1) is 13.5. The van der Waals surface area contributed by atoms with E-state index in [1.54, 1.807) is 20.8 Å². The highest BCUT2D eigenvalue weighted by molar-refractivity contribution is 6.44. The van der Waals surface area contributed by atoms with E-state index in [2.05, 4.69) is 15.6 Å². The standard InChI is InChI=1S/C19H21Cl2N3O5/c1-8(2)29-13-7-11(17(25)23-10(4)19(27)28)5-6-12(13)24-18(26)16-15(21)14(20)9(3)22-16/h5-8,10,22H,1-4H3,(H,23,25)(H,24,26)(H,27,28). The molecule has 1 atom stereocenters. The maximum absolute atomic E-state index is 12.6. The summed E-state index contributed by atoms with van der Waals surface area (Å²) in [5, 5.41) is 14.3. The second kappa shape index (κ2) is 9.19. The summed E-state index contributed by atoms with van der Waals surface area (Å²) in [6.45, 7) is 6.61. The first kappa shape index (κ1) is 22.6. The number of H-pyrrole nitrogens is 1. The summed E-state index contributed by atoms with van der Waals surface area (Å²) in [6.07, 6.45) is -0.243. The monoisotopic (exact) mass is 441 g/mol. The zero-order valence-corrected chi connectivity index (χ0v) is 17.7. The third-order valence-corrected chi connectivity index (χ3v) is 4.80. The molecule has 0 radical (unpaired) electrons. The topological polar surface area (TPSA) is 121 Å². The molecule has 0 aliphatic heterocycles. The van der Waals surface area contributed by atoms with Gasteiger partial charge in [0.15, 0.2) is 0 Å². The quantitative estimate of drug-likeness (QED) is 0.519. The van der Waals surface area contributed by atoms with Gasteiger partial charge in [-0.05, 0) is 45.9 Å². The Bertz CT molecular complexity index is 956. The molecule has 0 aliphatic rings. The van der Waals surface area contributed by atoms with Crippen molar-refractivity contribution in [3.8, 4) is 5.75 Å². The summed E-state index contributed by atoms with van der Waals surface area (Å²) < 4.78 is 5.70. The summed E-state index contributed by atoms with van der Waals surface area (Å²) in [5.74, 6) is -2.02. The van der Waals surface area contributed by atoms with E-state index in [1.807, 2.05) is 0 Å². The van der Waals surface area contributed by atoms with Crippen molar-refractivity contribution in [2.45, 2.75) is 39.8 Å². The fraction of sp³-hybridized carbons (Fsp3) is 0.316. The van der Waals surface area contributed by atoms with Crippen molar-refractivity contribution in [1.29, 1.82) is 0 Å². The molecule has 0 saturated heterocycles. The van der Waals surface area contributed by atoms with Gasteiger partial charge in [-0.3, -0.25) is 14.4 Å². The van der Waals surface area contributed by atoms with Gasteiger partial charge in [0.1, 0.15) is 17.5 Å². The van der Waals surface area contributed by atoms with Crippen LogP contribution in [0.3, 0.4) is 0 Å². The molecule has 1 heterocycles. The second-order valence-corrected chi connectivity index (χ2v) is 7.37. The summed E-state index contributed by atoms with van der Waals surface area (Å²) >= 11 is 12.1. The summed E-state index contributed by atoms with van der Waals surface area (Å²) in [4.78, 5) is 38.6. The Labute approximate surface area is 177 Å². The molecule has 1 unspecified atom stereocenters. The SMILES string of the molecule is Cc1[nH]c(C(=O)Nc2ccc(C(=O)NC(C)C(=O)O)cc2OC(C)C)c(Cl)c1Cl. The lowest BCUT2D eigenvalue weighted by atomic mass is 10.1. The van der Waals surface area contributed by atoms with Crippen LogP contribution in [0.15, 0.2) is 18.2 Å². The second-order valence-electron chi connectivity index (χ2n) is 6.62. The average Bonchev–Trinajstić information content (AvgIpc) is 2.89. The number of halogens is 2. The van der Waals surface area contributed by atoms with Gasteiger partial charge in [0.2, 0.25) is 0 Å². The van der Waals surface area contributed by atoms with Crippen LogP contribution in [0.2, 0.25) is 10.0 Å². The predicted octanol–water partition coefficient (Wildman–Crippen LogP) is 3.87. The molecule has 1 aromatic carbocycles. The van der Waals surface area contributed by atoms with Crippen molar-refractivity contribution in [2.24, 2.45) is 0 Å². The van der Waals surface area contributed by atoms with E-state index in [1.165, 1.54) is 25.1 Å². The number of hydrogen-bond acceptors (Lipinski definition) is 4. The van der Waals surface area contributed by atoms with Gasteiger partial charge in [-0.25, -0.2) is 0 Å². The van der Waals surface area contributed by atoms with Crippen LogP contribution in [0.1, 0.15) is 47.3 Å². The molecule has 156 valence electrons. The van der Waals surface area contributed by atoms with Crippen molar-refractivity contribution in [3.05, 3.63) is 45.2 Å². The molecule has 4 N–H and O–H groups in total. The van der Waals surface area contributed by atoms with Gasteiger partial charge >= 0.3 is 5.97 Å². The van der Waals surface area contributed by atoms with Gasteiger partial charge in [-0.15, -0.1) is 0 Å². The minimum atomic E-state index is -1.15. The number of ether oxygens (including phenoxy) is 1. The maximum atomic E-state index is 12.6. The number of carboxylic acid groups (broad SMARTS) is 1. The van der Waals surface area contributed by atoms with Gasteiger partial charge < -0.3 is 25.5 Å². The number of aromatic nitrogens is 1. The van der Waals surface area contributed by atoms with E-state index in [9.17, 15) is 14.4 Å². The van der Waals surface area contributed by atoms with Gasteiger partial charge in [0.05, 0.1) is 21.8 Å². The van der Waals surface area contributed by atoms with E-state index < -0.39 is 23.8 Å². The largest absolute Gasteiger partial charge is 0.489 e. The molecule has 0 bridgehead atoms. The average molecular weight is 442 g/mol. The zero-order valence-electron chi connectivity index (χ0n) is 16.2. The van der Waals surface area contributed by atoms with E-state index in [0.717, 1.165) is 0 Å². The summed E-state index contributed by atoms with van der Waals surface area (Å²) in [7, 11) is 0.